The summed E-state index contributed by atoms with van der Waals surface area (Å²) in [6.45, 7) is 0.864. The van der Waals surface area contributed by atoms with Crippen molar-refractivity contribution in [1.82, 2.24) is 10.2 Å². The van der Waals surface area contributed by atoms with E-state index >= 15 is 0 Å². The molecule has 2 fully saturated rings. The van der Waals surface area contributed by atoms with Crippen molar-refractivity contribution in [1.29, 1.82) is 0 Å². The fourth-order valence-electron chi connectivity index (χ4n) is 2.65. The summed E-state index contributed by atoms with van der Waals surface area (Å²) in [5, 5.41) is 3.72. The third-order valence-electron chi connectivity index (χ3n) is 3.74. The number of urea groups is 1. The Labute approximate surface area is 107 Å². The topological polar surface area (TPSA) is 41.6 Å². The van der Waals surface area contributed by atoms with E-state index in [9.17, 15) is 4.79 Å². The first-order valence-electron chi connectivity index (χ1n) is 6.38. The van der Waals surface area contributed by atoms with E-state index in [1.165, 1.54) is 19.3 Å². The summed E-state index contributed by atoms with van der Waals surface area (Å²) >= 11 is 2.02. The van der Waals surface area contributed by atoms with Crippen LogP contribution < -0.4 is 5.32 Å². The van der Waals surface area contributed by atoms with Gasteiger partial charge in [0.2, 0.25) is 0 Å². The van der Waals surface area contributed by atoms with Crippen LogP contribution in [0.1, 0.15) is 25.7 Å². The standard InChI is InChI=1S/C12H22N2O2S/c1-14-9-8-17-10(11(9)13-12(14)15)6-4-3-5-7-16-2/h9-11H,3-8H2,1-2H3,(H,13,15). The Bertz CT molecular complexity index is 275. The van der Waals surface area contributed by atoms with Crippen molar-refractivity contribution in [3.63, 3.8) is 0 Å². The van der Waals surface area contributed by atoms with Crippen LogP contribution in [0.25, 0.3) is 0 Å². The van der Waals surface area contributed by atoms with E-state index in [0.717, 1.165) is 18.8 Å². The Hall–Kier alpha value is -0.420. The Morgan fingerprint density at radius 3 is 3.06 bits per heavy atom. The van der Waals surface area contributed by atoms with Crippen LogP contribution >= 0.6 is 11.8 Å². The number of unbranched alkanes of at least 4 members (excludes halogenated alkanes) is 2. The van der Waals surface area contributed by atoms with Crippen molar-refractivity contribution < 1.29 is 9.53 Å². The van der Waals surface area contributed by atoms with Crippen LogP contribution in [-0.2, 0) is 4.74 Å². The van der Waals surface area contributed by atoms with Gasteiger partial charge in [0.05, 0.1) is 12.1 Å². The number of carbonyl (C=O) groups is 1. The molecule has 0 aromatic heterocycles. The first kappa shape index (κ1) is 13.0. The molecule has 2 rings (SSSR count). The van der Waals surface area contributed by atoms with Crippen molar-refractivity contribution in [3.8, 4) is 0 Å². The van der Waals surface area contributed by atoms with Gasteiger partial charge in [-0.3, -0.25) is 0 Å². The smallest absolute Gasteiger partial charge is 0.317 e. The van der Waals surface area contributed by atoms with Crippen LogP contribution in [0.2, 0.25) is 0 Å². The first-order valence-corrected chi connectivity index (χ1v) is 7.43. The van der Waals surface area contributed by atoms with Crippen LogP contribution in [0.15, 0.2) is 0 Å². The minimum atomic E-state index is 0.102. The van der Waals surface area contributed by atoms with Gasteiger partial charge < -0.3 is 15.0 Å². The number of amides is 2. The monoisotopic (exact) mass is 258 g/mol. The minimum Gasteiger partial charge on any atom is -0.385 e. The molecule has 2 saturated heterocycles. The molecule has 0 aromatic rings. The lowest BCUT2D eigenvalue weighted by molar-refractivity contribution is 0.192. The molecule has 2 amide bonds. The molecule has 0 aliphatic carbocycles. The van der Waals surface area contributed by atoms with E-state index in [-0.39, 0.29) is 6.03 Å². The van der Waals surface area contributed by atoms with Crippen LogP contribution in [0.3, 0.4) is 0 Å². The lowest BCUT2D eigenvalue weighted by Gasteiger charge is -2.17. The van der Waals surface area contributed by atoms with Crippen molar-refractivity contribution in [2.75, 3.05) is 26.5 Å². The maximum atomic E-state index is 11.5. The Morgan fingerprint density at radius 2 is 2.29 bits per heavy atom. The van der Waals surface area contributed by atoms with Gasteiger partial charge in [-0.15, -0.1) is 0 Å². The number of fused-ring (bicyclic) bond motifs is 1. The van der Waals surface area contributed by atoms with Crippen LogP contribution in [-0.4, -0.2) is 54.8 Å². The zero-order chi connectivity index (χ0) is 12.3. The molecule has 2 heterocycles. The predicted octanol–water partition coefficient (Wildman–Crippen LogP) is 1.70. The molecular formula is C12H22N2O2S. The number of thioether (sulfide) groups is 1. The second-order valence-electron chi connectivity index (χ2n) is 4.87. The van der Waals surface area contributed by atoms with Gasteiger partial charge in [-0.1, -0.05) is 12.8 Å². The molecule has 2 aliphatic rings. The van der Waals surface area contributed by atoms with Crippen molar-refractivity contribution >= 4 is 17.8 Å². The van der Waals surface area contributed by atoms with Gasteiger partial charge in [0.25, 0.3) is 0 Å². The molecule has 4 nitrogen and oxygen atoms in total. The molecule has 98 valence electrons. The number of hydrogen-bond acceptors (Lipinski definition) is 3. The van der Waals surface area contributed by atoms with E-state index in [1.807, 2.05) is 23.7 Å². The van der Waals surface area contributed by atoms with Crippen LogP contribution in [0, 0.1) is 0 Å². The SMILES string of the molecule is COCCCCCC1SCC2C1NC(=O)N2C. The maximum Gasteiger partial charge on any atom is 0.317 e. The van der Waals surface area contributed by atoms with Gasteiger partial charge in [0.15, 0.2) is 0 Å². The minimum absolute atomic E-state index is 0.102. The number of methoxy groups -OCH3 is 1. The number of ether oxygens (including phenoxy) is 1. The third kappa shape index (κ3) is 2.88. The number of nitrogens with zero attached hydrogens (tertiary/aromatic N) is 1. The summed E-state index contributed by atoms with van der Waals surface area (Å²) in [5.74, 6) is 1.09. The predicted molar refractivity (Wildman–Crippen MR) is 70.5 cm³/mol. The highest BCUT2D eigenvalue weighted by Gasteiger charge is 2.45. The molecule has 1 N–H and O–H groups in total. The molecule has 0 aromatic carbocycles. The fourth-order valence-corrected chi connectivity index (χ4v) is 4.31. The summed E-state index contributed by atoms with van der Waals surface area (Å²) in [4.78, 5) is 13.4. The Balaban J connectivity index is 1.71. The van der Waals surface area contributed by atoms with Crippen molar-refractivity contribution in [2.45, 2.75) is 43.0 Å². The van der Waals surface area contributed by atoms with Crippen LogP contribution in [0.4, 0.5) is 4.79 Å². The third-order valence-corrected chi connectivity index (χ3v) is 5.23. The molecule has 0 bridgehead atoms. The zero-order valence-corrected chi connectivity index (χ0v) is 11.5. The Morgan fingerprint density at radius 1 is 1.47 bits per heavy atom. The number of nitrogens with one attached hydrogen (secondary N) is 1. The quantitative estimate of drug-likeness (QED) is 0.582. The van der Waals surface area contributed by atoms with E-state index in [0.29, 0.717) is 17.3 Å². The van der Waals surface area contributed by atoms with E-state index < -0.39 is 0 Å². The number of carbonyl (C=O) groups excluding carboxylic acids is 1. The van der Waals surface area contributed by atoms with E-state index in [2.05, 4.69) is 5.32 Å². The van der Waals surface area contributed by atoms with E-state index in [4.69, 9.17) is 4.74 Å². The van der Waals surface area contributed by atoms with Gasteiger partial charge in [-0.05, 0) is 12.8 Å². The van der Waals surface area contributed by atoms with Crippen LogP contribution in [0.5, 0.6) is 0 Å². The summed E-state index contributed by atoms with van der Waals surface area (Å²) in [6, 6.07) is 0.890. The number of rotatable bonds is 6. The summed E-state index contributed by atoms with van der Waals surface area (Å²) < 4.78 is 5.04. The second kappa shape index (κ2) is 5.96. The average Bonchev–Trinajstić information content (AvgIpc) is 2.82. The molecule has 0 saturated carbocycles. The lowest BCUT2D eigenvalue weighted by Crippen LogP contribution is -2.37. The molecule has 5 heteroatoms. The highest BCUT2D eigenvalue weighted by molar-refractivity contribution is 8.00. The van der Waals surface area contributed by atoms with Gasteiger partial charge in [0.1, 0.15) is 0 Å². The molecule has 2 aliphatic heterocycles. The maximum absolute atomic E-state index is 11.5. The molecular weight excluding hydrogens is 236 g/mol. The normalized spacial score (nSPS) is 31.8. The van der Waals surface area contributed by atoms with Gasteiger partial charge >= 0.3 is 6.03 Å². The fraction of sp³-hybridized carbons (Fsp3) is 0.917. The average molecular weight is 258 g/mol. The summed E-state index contributed by atoms with van der Waals surface area (Å²) in [7, 11) is 3.66. The Kier molecular flexibility index (Phi) is 4.56. The highest BCUT2D eigenvalue weighted by Crippen LogP contribution is 2.36. The second-order valence-corrected chi connectivity index (χ2v) is 6.14. The first-order chi connectivity index (χ1) is 8.24. The largest absolute Gasteiger partial charge is 0.385 e. The molecule has 0 spiro atoms. The zero-order valence-electron chi connectivity index (χ0n) is 10.6. The molecule has 17 heavy (non-hydrogen) atoms. The van der Waals surface area contributed by atoms with Crippen molar-refractivity contribution in [2.24, 2.45) is 0 Å². The summed E-state index contributed by atoms with van der Waals surface area (Å²) in [5.41, 5.74) is 0. The highest BCUT2D eigenvalue weighted by atomic mass is 32.2. The van der Waals surface area contributed by atoms with Gasteiger partial charge in [-0.2, -0.15) is 11.8 Å². The molecule has 3 atom stereocenters. The van der Waals surface area contributed by atoms with Gasteiger partial charge in [0, 0.05) is 31.8 Å². The molecule has 0 radical (unpaired) electrons. The van der Waals surface area contributed by atoms with Gasteiger partial charge in [-0.25, -0.2) is 4.79 Å². The molecule has 3 unspecified atom stereocenters. The summed E-state index contributed by atoms with van der Waals surface area (Å²) in [6.07, 6.45) is 4.83. The van der Waals surface area contributed by atoms with Crippen molar-refractivity contribution in [3.05, 3.63) is 0 Å². The number of likely N-dealkylation sites (N-methyl/N-ethyl adjacent to an activating group) is 1. The lowest BCUT2D eigenvalue weighted by atomic mass is 10.0. The number of hydrogen-bond donors (Lipinski definition) is 1. The van der Waals surface area contributed by atoms with E-state index in [1.54, 1.807) is 7.11 Å².